The fourth-order valence-corrected chi connectivity index (χ4v) is 0.864. The van der Waals surface area contributed by atoms with E-state index in [-0.39, 0.29) is 12.1 Å². The normalized spacial score (nSPS) is 12.6. The van der Waals surface area contributed by atoms with Gasteiger partial charge in [-0.15, -0.1) is 0 Å². The molecular weight excluding hydrogens is 144 g/mol. The largest absolute Gasteiger partial charge is 0.469 e. The number of hydrogen-bond donors (Lipinski definition) is 1. The van der Waals surface area contributed by atoms with Crippen LogP contribution >= 0.6 is 0 Å². The van der Waals surface area contributed by atoms with Crippen molar-refractivity contribution in [2.24, 2.45) is 0 Å². The lowest BCUT2D eigenvalue weighted by Crippen LogP contribution is -2.09. The van der Waals surface area contributed by atoms with Crippen molar-refractivity contribution in [3.8, 4) is 0 Å². The van der Waals surface area contributed by atoms with Crippen LogP contribution in [0.2, 0.25) is 0 Å². The first-order valence-electron chi connectivity index (χ1n) is 3.95. The summed E-state index contributed by atoms with van der Waals surface area (Å²) in [6, 6.07) is 0. The summed E-state index contributed by atoms with van der Waals surface area (Å²) in [7, 11) is 1.36. The first-order chi connectivity index (χ1) is 5.20. The third kappa shape index (κ3) is 5.85. The van der Waals surface area contributed by atoms with Crippen LogP contribution in [0, 0.1) is 0 Å². The Bertz CT molecular complexity index is 112. The first kappa shape index (κ1) is 10.4. The Hall–Kier alpha value is -0.570. The van der Waals surface area contributed by atoms with Crippen LogP contribution in [-0.4, -0.2) is 24.3 Å². The van der Waals surface area contributed by atoms with E-state index in [0.717, 1.165) is 12.8 Å². The van der Waals surface area contributed by atoms with Gasteiger partial charge in [-0.05, 0) is 12.8 Å². The second-order valence-corrected chi connectivity index (χ2v) is 2.56. The van der Waals surface area contributed by atoms with Crippen LogP contribution in [0.15, 0.2) is 0 Å². The Morgan fingerprint density at radius 3 is 2.64 bits per heavy atom. The predicted octanol–water partition coefficient (Wildman–Crippen LogP) is 1.10. The summed E-state index contributed by atoms with van der Waals surface area (Å²) in [6.45, 7) is 2.00. The Morgan fingerprint density at radius 2 is 2.18 bits per heavy atom. The van der Waals surface area contributed by atoms with Crippen molar-refractivity contribution in [2.75, 3.05) is 7.11 Å². The van der Waals surface area contributed by atoms with Crippen molar-refractivity contribution in [3.05, 3.63) is 0 Å². The van der Waals surface area contributed by atoms with Gasteiger partial charge in [-0.2, -0.15) is 0 Å². The van der Waals surface area contributed by atoms with E-state index in [2.05, 4.69) is 4.74 Å². The minimum Gasteiger partial charge on any atom is -0.469 e. The lowest BCUT2D eigenvalue weighted by molar-refractivity contribution is -0.141. The SMILES string of the molecule is CCCC(O)CCC(=O)OC. The minimum atomic E-state index is -0.348. The molecule has 0 fully saturated rings. The molecule has 0 rings (SSSR count). The Kier molecular flexibility index (Phi) is 5.84. The van der Waals surface area contributed by atoms with Gasteiger partial charge in [0.1, 0.15) is 0 Å². The maximum atomic E-state index is 10.6. The van der Waals surface area contributed by atoms with E-state index in [1.807, 2.05) is 6.92 Å². The molecule has 0 bridgehead atoms. The lowest BCUT2D eigenvalue weighted by atomic mass is 10.1. The molecule has 0 aromatic rings. The van der Waals surface area contributed by atoms with Gasteiger partial charge in [0.2, 0.25) is 0 Å². The molecule has 0 aliphatic carbocycles. The second kappa shape index (κ2) is 6.16. The molecule has 0 saturated carbocycles. The average Bonchev–Trinajstić information content (AvgIpc) is 2.01. The van der Waals surface area contributed by atoms with E-state index in [9.17, 15) is 9.90 Å². The molecule has 0 aromatic heterocycles. The summed E-state index contributed by atoms with van der Waals surface area (Å²) >= 11 is 0. The van der Waals surface area contributed by atoms with Crippen LogP contribution in [0.3, 0.4) is 0 Å². The fourth-order valence-electron chi connectivity index (χ4n) is 0.864. The van der Waals surface area contributed by atoms with Gasteiger partial charge in [-0.25, -0.2) is 0 Å². The molecule has 0 aliphatic heterocycles. The predicted molar refractivity (Wildman–Crippen MR) is 42.2 cm³/mol. The Morgan fingerprint density at radius 1 is 1.55 bits per heavy atom. The lowest BCUT2D eigenvalue weighted by Gasteiger charge is -2.06. The number of carbonyl (C=O) groups is 1. The molecule has 3 heteroatoms. The van der Waals surface area contributed by atoms with Gasteiger partial charge in [-0.1, -0.05) is 13.3 Å². The Labute approximate surface area is 67.4 Å². The smallest absolute Gasteiger partial charge is 0.305 e. The van der Waals surface area contributed by atoms with E-state index >= 15 is 0 Å². The molecule has 0 radical (unpaired) electrons. The molecular formula is C8H16O3. The van der Waals surface area contributed by atoms with E-state index in [1.165, 1.54) is 7.11 Å². The Balaban J connectivity index is 3.29. The van der Waals surface area contributed by atoms with E-state index in [1.54, 1.807) is 0 Å². The molecule has 1 unspecified atom stereocenters. The van der Waals surface area contributed by atoms with E-state index < -0.39 is 0 Å². The van der Waals surface area contributed by atoms with Crippen LogP contribution in [0.4, 0.5) is 0 Å². The molecule has 3 nitrogen and oxygen atoms in total. The number of hydrogen-bond acceptors (Lipinski definition) is 3. The van der Waals surface area contributed by atoms with Crippen LogP contribution in [-0.2, 0) is 9.53 Å². The number of aliphatic hydroxyl groups is 1. The van der Waals surface area contributed by atoms with Crippen LogP contribution in [0.1, 0.15) is 32.6 Å². The maximum Gasteiger partial charge on any atom is 0.305 e. The third-order valence-corrected chi connectivity index (χ3v) is 1.53. The van der Waals surface area contributed by atoms with Crippen molar-refractivity contribution in [1.82, 2.24) is 0 Å². The van der Waals surface area contributed by atoms with Crippen molar-refractivity contribution in [1.29, 1.82) is 0 Å². The fraction of sp³-hybridized carbons (Fsp3) is 0.875. The maximum absolute atomic E-state index is 10.6. The summed E-state index contributed by atoms with van der Waals surface area (Å²) in [4.78, 5) is 10.6. The first-order valence-corrected chi connectivity index (χ1v) is 3.95. The van der Waals surface area contributed by atoms with Gasteiger partial charge in [-0.3, -0.25) is 4.79 Å². The number of rotatable bonds is 5. The number of carbonyl (C=O) groups excluding carboxylic acids is 1. The summed E-state index contributed by atoms with van der Waals surface area (Å²) in [6.07, 6.45) is 2.19. The van der Waals surface area contributed by atoms with Crippen LogP contribution < -0.4 is 0 Å². The number of methoxy groups -OCH3 is 1. The highest BCUT2D eigenvalue weighted by atomic mass is 16.5. The van der Waals surface area contributed by atoms with Crippen molar-refractivity contribution in [3.63, 3.8) is 0 Å². The highest BCUT2D eigenvalue weighted by Gasteiger charge is 2.06. The zero-order valence-electron chi connectivity index (χ0n) is 7.17. The second-order valence-electron chi connectivity index (χ2n) is 2.56. The summed E-state index contributed by atoms with van der Waals surface area (Å²) < 4.78 is 4.43. The molecule has 0 spiro atoms. The number of ether oxygens (including phenoxy) is 1. The number of esters is 1. The zero-order valence-corrected chi connectivity index (χ0v) is 7.17. The van der Waals surface area contributed by atoms with Crippen LogP contribution in [0.5, 0.6) is 0 Å². The summed E-state index contributed by atoms with van der Waals surface area (Å²) in [5.41, 5.74) is 0. The summed E-state index contributed by atoms with van der Waals surface area (Å²) in [5, 5.41) is 9.19. The zero-order chi connectivity index (χ0) is 8.69. The standard InChI is InChI=1S/C8H16O3/c1-3-4-7(9)5-6-8(10)11-2/h7,9H,3-6H2,1-2H3. The molecule has 0 amide bonds. The van der Waals surface area contributed by atoms with Gasteiger partial charge in [0.25, 0.3) is 0 Å². The molecule has 11 heavy (non-hydrogen) atoms. The van der Waals surface area contributed by atoms with Gasteiger partial charge in [0.05, 0.1) is 13.2 Å². The third-order valence-electron chi connectivity index (χ3n) is 1.53. The van der Waals surface area contributed by atoms with Crippen molar-refractivity contribution < 1.29 is 14.6 Å². The van der Waals surface area contributed by atoms with Crippen LogP contribution in [0.25, 0.3) is 0 Å². The minimum absolute atomic E-state index is 0.250. The summed E-state index contributed by atoms with van der Waals surface area (Å²) in [5.74, 6) is -0.250. The topological polar surface area (TPSA) is 46.5 Å². The molecule has 66 valence electrons. The molecule has 0 saturated heterocycles. The highest BCUT2D eigenvalue weighted by Crippen LogP contribution is 2.04. The van der Waals surface area contributed by atoms with Crippen molar-refractivity contribution in [2.45, 2.75) is 38.7 Å². The quantitative estimate of drug-likeness (QED) is 0.612. The number of aliphatic hydroxyl groups excluding tert-OH is 1. The molecule has 0 aliphatic rings. The van der Waals surface area contributed by atoms with E-state index in [4.69, 9.17) is 0 Å². The van der Waals surface area contributed by atoms with Gasteiger partial charge in [0.15, 0.2) is 0 Å². The molecule has 0 heterocycles. The molecule has 0 aromatic carbocycles. The van der Waals surface area contributed by atoms with Gasteiger partial charge < -0.3 is 9.84 Å². The van der Waals surface area contributed by atoms with Gasteiger partial charge in [0, 0.05) is 6.42 Å². The monoisotopic (exact) mass is 160 g/mol. The van der Waals surface area contributed by atoms with Crippen molar-refractivity contribution >= 4 is 5.97 Å². The average molecular weight is 160 g/mol. The van der Waals surface area contributed by atoms with E-state index in [0.29, 0.717) is 12.8 Å². The highest BCUT2D eigenvalue weighted by molar-refractivity contribution is 5.69. The molecule has 1 N–H and O–H groups in total. The molecule has 1 atom stereocenters. The van der Waals surface area contributed by atoms with Gasteiger partial charge >= 0.3 is 5.97 Å².